The SMILES string of the molecule is N#CC1CCPC1=N. The molecule has 42 valence electrons. The molecular weight excluding hydrogens is 119 g/mol. The summed E-state index contributed by atoms with van der Waals surface area (Å²) in [7, 11) is 0.630. The second-order valence-electron chi connectivity index (χ2n) is 1.81. The Balaban J connectivity index is 2.58. The van der Waals surface area contributed by atoms with Crippen molar-refractivity contribution in [2.45, 2.75) is 6.42 Å². The topological polar surface area (TPSA) is 47.6 Å². The Morgan fingerprint density at radius 1 is 1.88 bits per heavy atom. The molecule has 1 heterocycles. The van der Waals surface area contributed by atoms with Gasteiger partial charge >= 0.3 is 0 Å². The van der Waals surface area contributed by atoms with Crippen LogP contribution in [0.3, 0.4) is 0 Å². The van der Waals surface area contributed by atoms with E-state index in [1.54, 1.807) is 0 Å². The van der Waals surface area contributed by atoms with E-state index in [9.17, 15) is 0 Å². The fourth-order valence-corrected chi connectivity index (χ4v) is 1.91. The van der Waals surface area contributed by atoms with Crippen molar-refractivity contribution in [1.82, 2.24) is 0 Å². The summed E-state index contributed by atoms with van der Waals surface area (Å²) >= 11 is 0. The van der Waals surface area contributed by atoms with Gasteiger partial charge in [-0.25, -0.2) is 0 Å². The third kappa shape index (κ3) is 0.877. The maximum absolute atomic E-state index is 8.35. The maximum atomic E-state index is 8.35. The molecule has 0 aromatic carbocycles. The van der Waals surface area contributed by atoms with Crippen molar-refractivity contribution < 1.29 is 0 Å². The first kappa shape index (κ1) is 5.72. The molecule has 1 N–H and O–H groups in total. The van der Waals surface area contributed by atoms with Gasteiger partial charge in [0.25, 0.3) is 0 Å². The molecule has 1 aliphatic heterocycles. The number of hydrogen-bond acceptors (Lipinski definition) is 2. The van der Waals surface area contributed by atoms with E-state index in [-0.39, 0.29) is 5.92 Å². The summed E-state index contributed by atoms with van der Waals surface area (Å²) in [5, 5.41) is 15.5. The van der Waals surface area contributed by atoms with Gasteiger partial charge in [0.2, 0.25) is 0 Å². The first-order valence-corrected chi connectivity index (χ1v) is 3.77. The van der Waals surface area contributed by atoms with Crippen molar-refractivity contribution in [2.75, 3.05) is 6.16 Å². The zero-order chi connectivity index (χ0) is 5.98. The minimum atomic E-state index is -0.0340. The Hall–Kier alpha value is -0.410. The summed E-state index contributed by atoms with van der Waals surface area (Å²) in [6.07, 6.45) is 1.99. The van der Waals surface area contributed by atoms with E-state index in [1.807, 2.05) is 0 Å². The zero-order valence-electron chi connectivity index (χ0n) is 4.44. The number of nitrogens with zero attached hydrogens (tertiary/aromatic N) is 1. The second kappa shape index (κ2) is 2.24. The number of nitrogens with one attached hydrogen (secondary N) is 1. The Labute approximate surface area is 50.2 Å². The van der Waals surface area contributed by atoms with E-state index in [4.69, 9.17) is 10.7 Å². The second-order valence-corrected chi connectivity index (χ2v) is 3.20. The van der Waals surface area contributed by atoms with Gasteiger partial charge in [0.1, 0.15) is 0 Å². The Kier molecular flexibility index (Phi) is 1.60. The van der Waals surface area contributed by atoms with E-state index in [0.717, 1.165) is 12.6 Å². The highest BCUT2D eigenvalue weighted by atomic mass is 31.1. The van der Waals surface area contributed by atoms with Gasteiger partial charge in [-0.3, -0.25) is 0 Å². The van der Waals surface area contributed by atoms with Gasteiger partial charge in [0.15, 0.2) is 0 Å². The Bertz CT molecular complexity index is 147. The molecule has 2 nitrogen and oxygen atoms in total. The van der Waals surface area contributed by atoms with Gasteiger partial charge in [-0.05, 0) is 12.6 Å². The van der Waals surface area contributed by atoms with Crippen LogP contribution in [0, 0.1) is 22.7 Å². The molecule has 1 rings (SSSR count). The highest BCUT2D eigenvalue weighted by molar-refractivity contribution is 7.58. The molecule has 1 aliphatic rings. The van der Waals surface area contributed by atoms with Crippen LogP contribution in [0.15, 0.2) is 0 Å². The highest BCUT2D eigenvalue weighted by Gasteiger charge is 2.19. The number of nitriles is 1. The van der Waals surface area contributed by atoms with Crippen molar-refractivity contribution in [3.63, 3.8) is 0 Å². The van der Waals surface area contributed by atoms with Crippen LogP contribution in [0.1, 0.15) is 6.42 Å². The minimum absolute atomic E-state index is 0.0340. The van der Waals surface area contributed by atoms with Crippen LogP contribution in [-0.4, -0.2) is 11.6 Å². The molecule has 2 unspecified atom stereocenters. The van der Waals surface area contributed by atoms with Crippen LogP contribution in [0.2, 0.25) is 0 Å². The van der Waals surface area contributed by atoms with E-state index >= 15 is 0 Å². The first-order chi connectivity index (χ1) is 3.84. The van der Waals surface area contributed by atoms with Crippen LogP contribution < -0.4 is 0 Å². The average molecular weight is 126 g/mol. The van der Waals surface area contributed by atoms with Crippen LogP contribution in [0.25, 0.3) is 0 Å². The smallest absolute Gasteiger partial charge is 0.0881 e. The van der Waals surface area contributed by atoms with Crippen molar-refractivity contribution >= 4 is 14.0 Å². The molecule has 2 atom stereocenters. The Morgan fingerprint density at radius 3 is 2.88 bits per heavy atom. The molecule has 3 heteroatoms. The summed E-state index contributed by atoms with van der Waals surface area (Å²) < 4.78 is 0. The highest BCUT2D eigenvalue weighted by Crippen LogP contribution is 2.30. The molecule has 0 amide bonds. The van der Waals surface area contributed by atoms with Crippen LogP contribution >= 0.6 is 8.58 Å². The molecular formula is C5H7N2P. The Morgan fingerprint density at radius 2 is 2.62 bits per heavy atom. The summed E-state index contributed by atoms with van der Waals surface area (Å²) in [5.41, 5.74) is 0.660. The standard InChI is InChI=1S/C5H7N2P/c6-3-4-1-2-8-5(4)7/h4,7-8H,1-2H2. The normalized spacial score (nSPS) is 30.9. The lowest BCUT2D eigenvalue weighted by atomic mass is 10.1. The molecule has 0 saturated carbocycles. The summed E-state index contributed by atoms with van der Waals surface area (Å²) in [6.45, 7) is 0. The summed E-state index contributed by atoms with van der Waals surface area (Å²) in [6, 6.07) is 2.10. The quantitative estimate of drug-likeness (QED) is 0.487. The van der Waals surface area contributed by atoms with Gasteiger partial charge in [-0.2, -0.15) is 5.26 Å². The van der Waals surface area contributed by atoms with Crippen molar-refractivity contribution in [1.29, 1.82) is 10.7 Å². The molecule has 8 heavy (non-hydrogen) atoms. The third-order valence-corrected chi connectivity index (χ3v) is 2.52. The van der Waals surface area contributed by atoms with E-state index in [2.05, 4.69) is 6.07 Å². The van der Waals surface area contributed by atoms with E-state index in [1.165, 1.54) is 0 Å². The lowest BCUT2D eigenvalue weighted by Gasteiger charge is -1.91. The third-order valence-electron chi connectivity index (χ3n) is 1.25. The van der Waals surface area contributed by atoms with Gasteiger partial charge in [-0.1, -0.05) is 8.58 Å². The fourth-order valence-electron chi connectivity index (χ4n) is 0.748. The lowest BCUT2D eigenvalue weighted by molar-refractivity contribution is 0.866. The summed E-state index contributed by atoms with van der Waals surface area (Å²) in [5.74, 6) is -0.0340. The zero-order valence-corrected chi connectivity index (χ0v) is 5.44. The number of rotatable bonds is 0. The van der Waals surface area contributed by atoms with Crippen LogP contribution in [-0.2, 0) is 0 Å². The summed E-state index contributed by atoms with van der Waals surface area (Å²) in [4.78, 5) is 0. The van der Waals surface area contributed by atoms with Gasteiger partial charge in [0.05, 0.1) is 12.0 Å². The minimum Gasteiger partial charge on any atom is -0.304 e. The predicted molar refractivity (Wildman–Crippen MR) is 34.6 cm³/mol. The fraction of sp³-hybridized carbons (Fsp3) is 0.600. The molecule has 0 aromatic rings. The van der Waals surface area contributed by atoms with Gasteiger partial charge < -0.3 is 5.41 Å². The largest absolute Gasteiger partial charge is 0.304 e. The maximum Gasteiger partial charge on any atom is 0.0881 e. The molecule has 0 radical (unpaired) electrons. The molecule has 0 aromatic heterocycles. The van der Waals surface area contributed by atoms with Crippen LogP contribution in [0.4, 0.5) is 0 Å². The molecule has 0 spiro atoms. The number of hydrogen-bond donors (Lipinski definition) is 1. The molecule has 0 aliphatic carbocycles. The van der Waals surface area contributed by atoms with Gasteiger partial charge in [0, 0.05) is 5.45 Å². The molecule has 1 fully saturated rings. The monoisotopic (exact) mass is 126 g/mol. The van der Waals surface area contributed by atoms with E-state index in [0.29, 0.717) is 14.0 Å². The predicted octanol–water partition coefficient (Wildman–Crippen LogP) is 1.19. The van der Waals surface area contributed by atoms with Gasteiger partial charge in [-0.15, -0.1) is 0 Å². The van der Waals surface area contributed by atoms with Crippen LogP contribution in [0.5, 0.6) is 0 Å². The van der Waals surface area contributed by atoms with Crippen molar-refractivity contribution in [2.24, 2.45) is 5.92 Å². The average Bonchev–Trinajstić information content (AvgIpc) is 2.14. The van der Waals surface area contributed by atoms with E-state index < -0.39 is 0 Å². The first-order valence-electron chi connectivity index (χ1n) is 2.56. The molecule has 0 bridgehead atoms. The van der Waals surface area contributed by atoms with Crippen molar-refractivity contribution in [3.8, 4) is 6.07 Å². The van der Waals surface area contributed by atoms with Crippen molar-refractivity contribution in [3.05, 3.63) is 0 Å². The molecule has 1 saturated heterocycles. The lowest BCUT2D eigenvalue weighted by Crippen LogP contribution is -1.97.